The van der Waals surface area contributed by atoms with Gasteiger partial charge in [0.05, 0.1) is 11.4 Å². The van der Waals surface area contributed by atoms with Gasteiger partial charge in [-0.1, -0.05) is 37.3 Å². The molecule has 0 saturated carbocycles. The Kier molecular flexibility index (Phi) is 5.57. The summed E-state index contributed by atoms with van der Waals surface area (Å²) < 4.78 is 2.05. The molecule has 0 aliphatic heterocycles. The maximum Gasteiger partial charge on any atom is 0.283 e. The van der Waals surface area contributed by atoms with Crippen LogP contribution in [0.15, 0.2) is 54.4 Å². The van der Waals surface area contributed by atoms with Crippen LogP contribution in [0, 0.1) is 0 Å². The molecule has 3 N–H and O–H groups in total. The molecule has 0 aliphatic rings. The molecule has 2 heterocycles. The van der Waals surface area contributed by atoms with E-state index in [2.05, 4.69) is 18.9 Å². The third kappa shape index (κ3) is 4.17. The van der Waals surface area contributed by atoms with Crippen LogP contribution >= 0.6 is 0 Å². The molecule has 0 unspecified atom stereocenters. The molecule has 0 saturated heterocycles. The number of aliphatic hydroxyl groups is 1. The number of benzene rings is 1. The van der Waals surface area contributed by atoms with Gasteiger partial charge in [-0.05, 0) is 43.8 Å². The molecule has 0 bridgehead atoms. The fraction of sp³-hybridized carbons (Fsp3) is 0.238. The Balaban J connectivity index is 2.11. The second-order valence-corrected chi connectivity index (χ2v) is 6.59. The summed E-state index contributed by atoms with van der Waals surface area (Å²) in [7, 11) is 2.10. The van der Waals surface area contributed by atoms with Crippen LogP contribution in [0.25, 0.3) is 23.0 Å². The van der Waals surface area contributed by atoms with E-state index in [4.69, 9.17) is 10.7 Å². The lowest BCUT2D eigenvalue weighted by molar-refractivity contribution is -0.116. The minimum atomic E-state index is -0.856. The summed E-state index contributed by atoms with van der Waals surface area (Å²) in [4.78, 5) is 18.2. The van der Waals surface area contributed by atoms with Crippen molar-refractivity contribution < 1.29 is 9.90 Å². The highest BCUT2D eigenvalue weighted by Gasteiger charge is 2.16. The molecule has 1 amide bonds. The van der Waals surface area contributed by atoms with Gasteiger partial charge < -0.3 is 20.1 Å². The van der Waals surface area contributed by atoms with E-state index in [0.29, 0.717) is 5.56 Å². The van der Waals surface area contributed by atoms with Gasteiger partial charge in [0.1, 0.15) is 5.65 Å². The number of carbonyl (C=O) groups is 1. The van der Waals surface area contributed by atoms with Gasteiger partial charge in [0, 0.05) is 18.3 Å². The normalized spacial score (nSPS) is 12.0. The Morgan fingerprint density at radius 2 is 2.04 bits per heavy atom. The highest BCUT2D eigenvalue weighted by atomic mass is 16.3. The molecule has 1 aromatic carbocycles. The topological polar surface area (TPSA) is 83.9 Å². The number of hydrogen-bond donors (Lipinski definition) is 2. The lowest BCUT2D eigenvalue weighted by Gasteiger charge is -2.16. The van der Waals surface area contributed by atoms with E-state index in [0.717, 1.165) is 42.1 Å². The fourth-order valence-electron chi connectivity index (χ4n) is 3.12. The monoisotopic (exact) mass is 364 g/mol. The summed E-state index contributed by atoms with van der Waals surface area (Å²) >= 11 is 0. The molecule has 3 rings (SSSR count). The number of hydrogen-bond acceptors (Lipinski definition) is 4. The van der Waals surface area contributed by atoms with Gasteiger partial charge in [-0.2, -0.15) is 0 Å². The first-order valence-corrected chi connectivity index (χ1v) is 8.95. The molecule has 6 nitrogen and oxygen atoms in total. The summed E-state index contributed by atoms with van der Waals surface area (Å²) in [6.45, 7) is 3.92. The largest absolute Gasteiger partial charge is 0.503 e. The molecule has 0 spiro atoms. The van der Waals surface area contributed by atoms with Gasteiger partial charge in [0.2, 0.25) is 0 Å². The van der Waals surface area contributed by atoms with Gasteiger partial charge >= 0.3 is 0 Å². The van der Waals surface area contributed by atoms with Crippen LogP contribution in [-0.2, 0) is 11.3 Å². The Hall–Kier alpha value is -3.12. The molecule has 0 radical (unpaired) electrons. The van der Waals surface area contributed by atoms with Gasteiger partial charge in [0.25, 0.3) is 5.91 Å². The van der Waals surface area contributed by atoms with Crippen LogP contribution in [0.2, 0.25) is 0 Å². The van der Waals surface area contributed by atoms with Crippen LogP contribution in [0.4, 0.5) is 0 Å². The van der Waals surface area contributed by atoms with Crippen LogP contribution in [0.3, 0.4) is 0 Å². The number of primary amides is 1. The maximum atomic E-state index is 11.1. The summed E-state index contributed by atoms with van der Waals surface area (Å²) in [6, 6.07) is 13.7. The van der Waals surface area contributed by atoms with Gasteiger partial charge in [0.15, 0.2) is 5.76 Å². The van der Waals surface area contributed by atoms with Crippen LogP contribution in [0.1, 0.15) is 24.6 Å². The Morgan fingerprint density at radius 3 is 2.70 bits per heavy atom. The zero-order valence-corrected chi connectivity index (χ0v) is 15.6. The summed E-state index contributed by atoms with van der Waals surface area (Å²) in [5.74, 6) is -1.33. The number of amides is 1. The van der Waals surface area contributed by atoms with Crippen LogP contribution < -0.4 is 5.73 Å². The predicted molar refractivity (Wildman–Crippen MR) is 107 cm³/mol. The van der Waals surface area contributed by atoms with Gasteiger partial charge in [-0.3, -0.25) is 4.79 Å². The van der Waals surface area contributed by atoms with Crippen molar-refractivity contribution >= 4 is 17.6 Å². The lowest BCUT2D eigenvalue weighted by Crippen LogP contribution is -2.20. The van der Waals surface area contributed by atoms with Crippen molar-refractivity contribution in [2.75, 3.05) is 13.6 Å². The van der Waals surface area contributed by atoms with Crippen LogP contribution in [-0.4, -0.2) is 38.9 Å². The van der Waals surface area contributed by atoms with E-state index in [1.807, 2.05) is 53.1 Å². The van der Waals surface area contributed by atoms with Gasteiger partial charge in [-0.25, -0.2) is 4.98 Å². The second-order valence-electron chi connectivity index (χ2n) is 6.59. The quantitative estimate of drug-likeness (QED) is 0.498. The van der Waals surface area contributed by atoms with Crippen molar-refractivity contribution in [2.24, 2.45) is 5.73 Å². The molecular weight excluding hydrogens is 340 g/mol. The van der Waals surface area contributed by atoms with E-state index in [9.17, 15) is 9.90 Å². The number of carbonyl (C=O) groups excluding carboxylic acids is 1. The third-order valence-electron chi connectivity index (χ3n) is 4.38. The summed E-state index contributed by atoms with van der Waals surface area (Å²) in [6.07, 6.45) is 4.33. The third-order valence-corrected chi connectivity index (χ3v) is 4.38. The van der Waals surface area contributed by atoms with E-state index in [1.165, 1.54) is 6.08 Å². The lowest BCUT2D eigenvalue weighted by atomic mass is 10.1. The number of aliphatic hydroxyl groups excluding tert-OH is 1. The van der Waals surface area contributed by atoms with Gasteiger partial charge in [-0.15, -0.1) is 0 Å². The zero-order chi connectivity index (χ0) is 19.4. The number of nitrogens with zero attached hydrogens (tertiary/aromatic N) is 3. The number of nitrogens with two attached hydrogens (primary N) is 1. The first kappa shape index (κ1) is 18.7. The van der Waals surface area contributed by atoms with E-state index in [1.54, 1.807) is 0 Å². The molecule has 27 heavy (non-hydrogen) atoms. The second kappa shape index (κ2) is 8.05. The first-order valence-electron chi connectivity index (χ1n) is 8.95. The van der Waals surface area contributed by atoms with Crippen molar-refractivity contribution in [3.63, 3.8) is 0 Å². The van der Waals surface area contributed by atoms with E-state index >= 15 is 0 Å². The Bertz CT molecular complexity index is 977. The average Bonchev–Trinajstić information content (AvgIpc) is 3.00. The number of imidazole rings is 1. The molecule has 3 aromatic rings. The minimum absolute atomic E-state index is 0.475. The van der Waals surface area contributed by atoms with Crippen molar-refractivity contribution in [1.82, 2.24) is 14.3 Å². The number of rotatable bonds is 7. The maximum absolute atomic E-state index is 11.1. The van der Waals surface area contributed by atoms with Crippen molar-refractivity contribution in [2.45, 2.75) is 19.9 Å². The smallest absolute Gasteiger partial charge is 0.283 e. The minimum Gasteiger partial charge on any atom is -0.503 e. The number of pyridine rings is 1. The van der Waals surface area contributed by atoms with Crippen molar-refractivity contribution in [3.05, 3.63) is 65.7 Å². The van der Waals surface area contributed by atoms with E-state index in [-0.39, 0.29) is 0 Å². The fourth-order valence-corrected chi connectivity index (χ4v) is 3.12. The van der Waals surface area contributed by atoms with Crippen molar-refractivity contribution in [1.29, 1.82) is 0 Å². The Morgan fingerprint density at radius 1 is 1.30 bits per heavy atom. The number of fused-ring (bicyclic) bond motifs is 1. The summed E-state index contributed by atoms with van der Waals surface area (Å²) in [5.41, 5.74) is 9.60. The zero-order valence-electron chi connectivity index (χ0n) is 15.6. The van der Waals surface area contributed by atoms with Crippen LogP contribution in [0.5, 0.6) is 0 Å². The highest BCUT2D eigenvalue weighted by molar-refractivity contribution is 5.94. The first-order chi connectivity index (χ1) is 13.0. The molecule has 0 fully saturated rings. The van der Waals surface area contributed by atoms with Crippen molar-refractivity contribution in [3.8, 4) is 11.3 Å². The number of aromatic nitrogens is 2. The average molecular weight is 364 g/mol. The molecule has 2 aromatic heterocycles. The Labute approximate surface area is 158 Å². The summed E-state index contributed by atoms with van der Waals surface area (Å²) in [5, 5.41) is 9.62. The predicted octanol–water partition coefficient (Wildman–Crippen LogP) is 3.23. The highest BCUT2D eigenvalue weighted by Crippen LogP contribution is 2.26. The molecule has 6 heteroatoms. The van der Waals surface area contributed by atoms with E-state index < -0.39 is 11.7 Å². The molecule has 0 aliphatic carbocycles. The molecule has 140 valence electrons. The SMILES string of the molecule is CCCN(C)Cc1c(-c2ccccc2)nc2cc(C=C(O)C(N)=O)ccn12. The standard InChI is InChI=1S/C21H24N4O2/c1-3-10-24(2)14-17-20(16-7-5-4-6-8-16)23-19-13-15(9-11-25(17)19)12-18(26)21(22)27/h4-9,11-13,26H,3,10,14H2,1-2H3,(H2,22,27). The molecule has 0 atom stereocenters. The molecular formula is C21H24N4O2.